The molecule has 0 unspecified atom stereocenters. The van der Waals surface area contributed by atoms with Crippen LogP contribution in [0.4, 0.5) is 5.69 Å². The summed E-state index contributed by atoms with van der Waals surface area (Å²) in [7, 11) is 0. The highest BCUT2D eigenvalue weighted by molar-refractivity contribution is 6.33. The van der Waals surface area contributed by atoms with E-state index in [1.165, 1.54) is 32.1 Å². The van der Waals surface area contributed by atoms with Crippen molar-refractivity contribution in [3.05, 3.63) is 41.4 Å². The molecule has 1 amide bonds. The zero-order valence-corrected chi connectivity index (χ0v) is 15.0. The van der Waals surface area contributed by atoms with Gasteiger partial charge < -0.3 is 10.1 Å². The molecule has 0 aliphatic carbocycles. The summed E-state index contributed by atoms with van der Waals surface area (Å²) in [5.41, 5.74) is 0.505. The smallest absolute Gasteiger partial charge is 0.330 e. The molecule has 0 fully saturated rings. The maximum atomic E-state index is 11.7. The third kappa shape index (κ3) is 9.36. The van der Waals surface area contributed by atoms with Crippen molar-refractivity contribution in [2.75, 3.05) is 11.9 Å². The van der Waals surface area contributed by atoms with Gasteiger partial charge in [-0.3, -0.25) is 4.79 Å². The number of unbranched alkanes of at least 4 members (excludes halogenated alkanes) is 6. The van der Waals surface area contributed by atoms with E-state index in [0.29, 0.717) is 17.3 Å². The van der Waals surface area contributed by atoms with Gasteiger partial charge in [-0.25, -0.2) is 4.79 Å². The SMILES string of the molecule is CCCCCCCCCOC(=O)/C=C/C(=O)Nc1ccccc1Cl. The molecule has 132 valence electrons. The number of para-hydroxylation sites is 1. The van der Waals surface area contributed by atoms with Crippen LogP contribution in [0, 0.1) is 0 Å². The van der Waals surface area contributed by atoms with Gasteiger partial charge in [-0.2, -0.15) is 0 Å². The molecule has 0 aliphatic heterocycles. The molecule has 0 heterocycles. The highest BCUT2D eigenvalue weighted by atomic mass is 35.5. The number of rotatable bonds is 11. The molecule has 0 aromatic heterocycles. The van der Waals surface area contributed by atoms with Crippen LogP contribution in [0.1, 0.15) is 51.9 Å². The Morgan fingerprint density at radius 3 is 2.42 bits per heavy atom. The van der Waals surface area contributed by atoms with Gasteiger partial charge in [0.1, 0.15) is 0 Å². The summed E-state index contributed by atoms with van der Waals surface area (Å²) >= 11 is 5.94. The van der Waals surface area contributed by atoms with Gasteiger partial charge in [-0.1, -0.05) is 69.2 Å². The van der Waals surface area contributed by atoms with Crippen molar-refractivity contribution in [1.29, 1.82) is 0 Å². The van der Waals surface area contributed by atoms with Gasteiger partial charge in [0.25, 0.3) is 0 Å². The van der Waals surface area contributed by atoms with Crippen LogP contribution in [0.15, 0.2) is 36.4 Å². The van der Waals surface area contributed by atoms with Gasteiger partial charge in [-0.05, 0) is 18.6 Å². The zero-order valence-electron chi connectivity index (χ0n) is 14.2. The molecule has 1 N–H and O–H groups in total. The fourth-order valence-electron chi connectivity index (χ4n) is 2.16. The first-order valence-electron chi connectivity index (χ1n) is 8.54. The number of carbonyl (C=O) groups excluding carboxylic acids is 2. The lowest BCUT2D eigenvalue weighted by Gasteiger charge is -2.04. The van der Waals surface area contributed by atoms with Gasteiger partial charge in [0, 0.05) is 12.2 Å². The number of carbonyl (C=O) groups is 2. The maximum absolute atomic E-state index is 11.7. The molecule has 1 rings (SSSR count). The summed E-state index contributed by atoms with van der Waals surface area (Å²) in [6, 6.07) is 6.90. The first-order chi connectivity index (χ1) is 11.6. The summed E-state index contributed by atoms with van der Waals surface area (Å²) in [5, 5.41) is 3.05. The molecule has 1 aromatic carbocycles. The summed E-state index contributed by atoms with van der Waals surface area (Å²) in [6.45, 7) is 2.59. The van der Waals surface area contributed by atoms with Gasteiger partial charge in [0.05, 0.1) is 17.3 Å². The molecule has 0 spiro atoms. The second-order valence-corrected chi connectivity index (χ2v) is 6.00. The Morgan fingerprint density at radius 2 is 1.71 bits per heavy atom. The Morgan fingerprint density at radius 1 is 1.04 bits per heavy atom. The predicted octanol–water partition coefficient (Wildman–Crippen LogP) is 5.13. The van der Waals surface area contributed by atoms with Crippen molar-refractivity contribution in [2.24, 2.45) is 0 Å². The molecule has 1 aromatic rings. The summed E-state index contributed by atoms with van der Waals surface area (Å²) in [6.07, 6.45) is 10.4. The lowest BCUT2D eigenvalue weighted by atomic mass is 10.1. The molecule has 0 radical (unpaired) electrons. The number of benzene rings is 1. The predicted molar refractivity (Wildman–Crippen MR) is 98.2 cm³/mol. The van der Waals surface area contributed by atoms with E-state index in [-0.39, 0.29) is 0 Å². The number of ether oxygens (including phenoxy) is 1. The summed E-state index contributed by atoms with van der Waals surface area (Å²) in [5.74, 6) is -0.925. The van der Waals surface area contributed by atoms with E-state index >= 15 is 0 Å². The van der Waals surface area contributed by atoms with E-state index < -0.39 is 11.9 Å². The van der Waals surface area contributed by atoms with Crippen LogP contribution in [-0.2, 0) is 14.3 Å². The van der Waals surface area contributed by atoms with E-state index in [0.717, 1.165) is 25.0 Å². The van der Waals surface area contributed by atoms with E-state index in [9.17, 15) is 9.59 Å². The van der Waals surface area contributed by atoms with Gasteiger partial charge >= 0.3 is 5.97 Å². The van der Waals surface area contributed by atoms with Crippen molar-refractivity contribution in [1.82, 2.24) is 0 Å². The Kier molecular flexibility index (Phi) is 10.6. The van der Waals surface area contributed by atoms with Gasteiger partial charge in [0.15, 0.2) is 0 Å². The highest BCUT2D eigenvalue weighted by Gasteiger charge is 2.03. The monoisotopic (exact) mass is 351 g/mol. The summed E-state index contributed by atoms with van der Waals surface area (Å²) < 4.78 is 5.06. The van der Waals surface area contributed by atoms with E-state index in [2.05, 4.69) is 12.2 Å². The molecular weight excluding hydrogens is 326 g/mol. The number of amides is 1. The number of hydrogen-bond acceptors (Lipinski definition) is 3. The van der Waals surface area contributed by atoms with Crippen LogP contribution in [0.3, 0.4) is 0 Å². The van der Waals surface area contributed by atoms with Gasteiger partial charge in [0.2, 0.25) is 5.91 Å². The fraction of sp³-hybridized carbons (Fsp3) is 0.474. The highest BCUT2D eigenvalue weighted by Crippen LogP contribution is 2.20. The number of anilines is 1. The average Bonchev–Trinajstić information content (AvgIpc) is 2.57. The van der Waals surface area contributed by atoms with E-state index in [4.69, 9.17) is 16.3 Å². The van der Waals surface area contributed by atoms with Crippen LogP contribution in [-0.4, -0.2) is 18.5 Å². The Bertz CT molecular complexity index is 543. The summed E-state index contributed by atoms with van der Waals surface area (Å²) in [4.78, 5) is 23.2. The van der Waals surface area contributed by atoms with Crippen LogP contribution < -0.4 is 5.32 Å². The fourth-order valence-corrected chi connectivity index (χ4v) is 2.34. The number of hydrogen-bond donors (Lipinski definition) is 1. The van der Waals surface area contributed by atoms with Crippen LogP contribution in [0.5, 0.6) is 0 Å². The van der Waals surface area contributed by atoms with Crippen molar-refractivity contribution in [3.63, 3.8) is 0 Å². The lowest BCUT2D eigenvalue weighted by Crippen LogP contribution is -2.10. The normalized spacial score (nSPS) is 10.8. The van der Waals surface area contributed by atoms with Crippen molar-refractivity contribution < 1.29 is 14.3 Å². The molecule has 5 heteroatoms. The third-order valence-corrected chi connectivity index (χ3v) is 3.82. The first-order valence-corrected chi connectivity index (χ1v) is 8.91. The topological polar surface area (TPSA) is 55.4 Å². The minimum absolute atomic E-state index is 0.392. The zero-order chi connectivity index (χ0) is 17.6. The second kappa shape index (κ2) is 12.6. The van der Waals surface area contributed by atoms with Crippen LogP contribution in [0.2, 0.25) is 5.02 Å². The van der Waals surface area contributed by atoms with E-state index in [1.807, 2.05) is 0 Å². The number of esters is 1. The van der Waals surface area contributed by atoms with E-state index in [1.54, 1.807) is 24.3 Å². The van der Waals surface area contributed by atoms with Crippen molar-refractivity contribution >= 4 is 29.2 Å². The first kappa shape index (κ1) is 20.2. The minimum Gasteiger partial charge on any atom is -0.463 e. The molecular formula is C19H26ClNO3. The molecule has 4 nitrogen and oxygen atoms in total. The molecule has 0 saturated heterocycles. The van der Waals surface area contributed by atoms with Crippen molar-refractivity contribution in [3.8, 4) is 0 Å². The largest absolute Gasteiger partial charge is 0.463 e. The van der Waals surface area contributed by atoms with Crippen molar-refractivity contribution in [2.45, 2.75) is 51.9 Å². The minimum atomic E-state index is -0.504. The Hall–Kier alpha value is -1.81. The Balaban J connectivity index is 2.14. The van der Waals surface area contributed by atoms with Gasteiger partial charge in [-0.15, -0.1) is 0 Å². The van der Waals surface area contributed by atoms with Crippen LogP contribution >= 0.6 is 11.6 Å². The molecule has 0 saturated carbocycles. The quantitative estimate of drug-likeness (QED) is 0.341. The Labute approximate surface area is 149 Å². The number of nitrogens with one attached hydrogen (secondary N) is 1. The molecule has 0 aliphatic rings. The second-order valence-electron chi connectivity index (χ2n) is 5.59. The average molecular weight is 352 g/mol. The number of halogens is 1. The molecule has 0 bridgehead atoms. The lowest BCUT2D eigenvalue weighted by molar-refractivity contribution is -0.138. The molecule has 0 atom stereocenters. The molecule has 24 heavy (non-hydrogen) atoms. The third-order valence-electron chi connectivity index (χ3n) is 3.49. The standard InChI is InChI=1S/C19H26ClNO3/c1-2-3-4-5-6-7-10-15-24-19(23)14-13-18(22)21-17-12-9-8-11-16(17)20/h8-9,11-14H,2-7,10,15H2,1H3,(H,21,22)/b14-13+. The van der Waals surface area contributed by atoms with Crippen LogP contribution in [0.25, 0.3) is 0 Å². The maximum Gasteiger partial charge on any atom is 0.330 e.